The Labute approximate surface area is 162 Å². The second-order valence-corrected chi connectivity index (χ2v) is 6.67. The van der Waals surface area contributed by atoms with Crippen molar-refractivity contribution in [3.05, 3.63) is 63.9 Å². The molecule has 1 amide bonds. The maximum Gasteiger partial charge on any atom is 0.375 e. The molecule has 0 unspecified atom stereocenters. The van der Waals surface area contributed by atoms with Gasteiger partial charge in [-0.25, -0.2) is 4.79 Å². The lowest BCUT2D eigenvalue weighted by Gasteiger charge is -2.12. The first kappa shape index (κ1) is 19.0. The number of nitrogens with one attached hydrogen (secondary N) is 1. The minimum atomic E-state index is -0.699. The maximum atomic E-state index is 12.4. The van der Waals surface area contributed by atoms with Crippen LogP contribution in [0.4, 0.5) is 5.69 Å². The number of amides is 1. The molecule has 0 atom stereocenters. The van der Waals surface area contributed by atoms with Gasteiger partial charge >= 0.3 is 5.97 Å². The van der Waals surface area contributed by atoms with Crippen molar-refractivity contribution in [1.29, 1.82) is 0 Å². The number of hydrogen-bond acceptors (Lipinski definition) is 4. The molecule has 0 aliphatic rings. The number of carbonyl (C=O) groups excluding carboxylic acids is 2. The van der Waals surface area contributed by atoms with Gasteiger partial charge in [-0.05, 0) is 37.5 Å². The molecule has 1 N–H and O–H groups in total. The van der Waals surface area contributed by atoms with Gasteiger partial charge in [0.1, 0.15) is 0 Å². The zero-order chi connectivity index (χ0) is 19.6. The summed E-state index contributed by atoms with van der Waals surface area (Å²) in [6.45, 7) is 5.28. The van der Waals surface area contributed by atoms with E-state index in [4.69, 9.17) is 20.8 Å². The summed E-state index contributed by atoms with van der Waals surface area (Å²) in [5.74, 6) is -1.05. The van der Waals surface area contributed by atoms with Gasteiger partial charge < -0.3 is 14.5 Å². The lowest BCUT2D eigenvalue weighted by atomic mass is 10.1. The van der Waals surface area contributed by atoms with E-state index in [1.807, 2.05) is 38.1 Å². The van der Waals surface area contributed by atoms with E-state index in [-0.39, 0.29) is 5.76 Å². The van der Waals surface area contributed by atoms with Crippen LogP contribution in [-0.4, -0.2) is 18.5 Å². The lowest BCUT2D eigenvalue weighted by molar-refractivity contribution is -0.119. The maximum absolute atomic E-state index is 12.4. The Morgan fingerprint density at radius 1 is 1.15 bits per heavy atom. The molecule has 0 aliphatic heterocycles. The smallest absolute Gasteiger partial charge is 0.375 e. The number of anilines is 1. The van der Waals surface area contributed by atoms with Crippen LogP contribution < -0.4 is 5.32 Å². The average molecular weight is 386 g/mol. The first-order valence-corrected chi connectivity index (χ1v) is 9.03. The van der Waals surface area contributed by atoms with Crippen LogP contribution in [0.1, 0.15) is 34.2 Å². The molecule has 5 nitrogen and oxygen atoms in total. The van der Waals surface area contributed by atoms with E-state index >= 15 is 0 Å². The molecule has 0 saturated heterocycles. The third-order valence-corrected chi connectivity index (χ3v) is 4.74. The van der Waals surface area contributed by atoms with E-state index in [0.29, 0.717) is 16.2 Å². The number of halogens is 1. The highest BCUT2D eigenvalue weighted by Gasteiger charge is 2.21. The van der Waals surface area contributed by atoms with Crippen LogP contribution >= 0.6 is 11.6 Å². The van der Waals surface area contributed by atoms with Gasteiger partial charge in [0.05, 0.1) is 5.02 Å². The molecule has 140 valence electrons. The Morgan fingerprint density at radius 3 is 2.59 bits per heavy atom. The predicted molar refractivity (Wildman–Crippen MR) is 105 cm³/mol. The first-order chi connectivity index (χ1) is 12.9. The Hall–Kier alpha value is -2.79. The predicted octanol–water partition coefficient (Wildman–Crippen LogP) is 5.06. The number of furan rings is 1. The van der Waals surface area contributed by atoms with Crippen molar-refractivity contribution < 1.29 is 18.7 Å². The molecule has 1 aromatic heterocycles. The summed E-state index contributed by atoms with van der Waals surface area (Å²) in [4.78, 5) is 24.6. The van der Waals surface area contributed by atoms with Crippen LogP contribution in [0, 0.1) is 13.8 Å². The minimum absolute atomic E-state index is 0.0519. The molecule has 0 saturated carbocycles. The molecule has 0 aliphatic carbocycles. The van der Waals surface area contributed by atoms with Gasteiger partial charge in [0.15, 0.2) is 12.2 Å². The SMILES string of the molecule is CCc1cccc(C)c1NC(=O)COC(=O)c1oc2c(Cl)cccc2c1C. The molecule has 27 heavy (non-hydrogen) atoms. The first-order valence-electron chi connectivity index (χ1n) is 8.65. The summed E-state index contributed by atoms with van der Waals surface area (Å²) < 4.78 is 10.7. The molecule has 3 rings (SSSR count). The lowest BCUT2D eigenvalue weighted by Crippen LogP contribution is -2.22. The van der Waals surface area contributed by atoms with E-state index in [9.17, 15) is 9.59 Å². The van der Waals surface area contributed by atoms with E-state index < -0.39 is 18.5 Å². The van der Waals surface area contributed by atoms with Gasteiger partial charge in [0.2, 0.25) is 5.76 Å². The molecular weight excluding hydrogens is 366 g/mol. The highest BCUT2D eigenvalue weighted by Crippen LogP contribution is 2.31. The summed E-state index contributed by atoms with van der Waals surface area (Å²) in [5.41, 5.74) is 3.80. The van der Waals surface area contributed by atoms with E-state index in [0.717, 1.165) is 28.6 Å². The van der Waals surface area contributed by atoms with Gasteiger partial charge in [0.25, 0.3) is 5.91 Å². The van der Waals surface area contributed by atoms with Crippen molar-refractivity contribution in [2.75, 3.05) is 11.9 Å². The molecule has 2 aromatic carbocycles. The largest absolute Gasteiger partial charge is 0.450 e. The van der Waals surface area contributed by atoms with Crippen molar-refractivity contribution in [1.82, 2.24) is 0 Å². The molecule has 1 heterocycles. The zero-order valence-electron chi connectivity index (χ0n) is 15.4. The number of rotatable bonds is 5. The number of carbonyl (C=O) groups is 2. The standard InChI is InChI=1S/C21H20ClNO4/c1-4-14-8-5-7-12(2)18(14)23-17(24)11-26-21(25)19-13(3)15-9-6-10-16(22)20(15)27-19/h5-10H,4,11H2,1-3H3,(H,23,24). The quantitative estimate of drug-likeness (QED) is 0.623. The fourth-order valence-corrected chi connectivity index (χ4v) is 3.19. The fourth-order valence-electron chi connectivity index (χ4n) is 2.98. The van der Waals surface area contributed by atoms with Crippen molar-refractivity contribution >= 4 is 40.1 Å². The summed E-state index contributed by atoms with van der Waals surface area (Å²) in [6, 6.07) is 11.1. The van der Waals surface area contributed by atoms with E-state index in [2.05, 4.69) is 5.32 Å². The number of benzene rings is 2. The van der Waals surface area contributed by atoms with Gasteiger partial charge in [-0.3, -0.25) is 4.79 Å². The van der Waals surface area contributed by atoms with Crippen LogP contribution in [0.15, 0.2) is 40.8 Å². The highest BCUT2D eigenvalue weighted by atomic mass is 35.5. The van der Waals surface area contributed by atoms with Crippen LogP contribution in [0.3, 0.4) is 0 Å². The topological polar surface area (TPSA) is 68.5 Å². The fraction of sp³-hybridized carbons (Fsp3) is 0.238. The van der Waals surface area contributed by atoms with Crippen molar-refractivity contribution in [3.63, 3.8) is 0 Å². The summed E-state index contributed by atoms with van der Waals surface area (Å²) >= 11 is 6.10. The van der Waals surface area contributed by atoms with Crippen molar-refractivity contribution in [2.45, 2.75) is 27.2 Å². The Kier molecular flexibility index (Phi) is 5.51. The second-order valence-electron chi connectivity index (χ2n) is 6.26. The Balaban J connectivity index is 1.70. The summed E-state index contributed by atoms with van der Waals surface area (Å²) in [6.07, 6.45) is 0.788. The number of hydrogen-bond donors (Lipinski definition) is 1. The highest BCUT2D eigenvalue weighted by molar-refractivity contribution is 6.35. The van der Waals surface area contributed by atoms with Crippen molar-refractivity contribution in [2.24, 2.45) is 0 Å². The van der Waals surface area contributed by atoms with Gasteiger partial charge in [-0.2, -0.15) is 0 Å². The number of ether oxygens (including phenoxy) is 1. The van der Waals surface area contributed by atoms with Gasteiger partial charge in [-0.15, -0.1) is 0 Å². The Bertz CT molecular complexity index is 1020. The summed E-state index contributed by atoms with van der Waals surface area (Å²) in [5, 5.41) is 3.98. The third kappa shape index (κ3) is 3.83. The monoisotopic (exact) mass is 385 g/mol. The number of aryl methyl sites for hydroxylation is 3. The molecule has 0 fully saturated rings. The van der Waals surface area contributed by atoms with Gasteiger partial charge in [0, 0.05) is 16.6 Å². The molecular formula is C21H20ClNO4. The number of esters is 1. The van der Waals surface area contributed by atoms with Crippen LogP contribution in [0.2, 0.25) is 5.02 Å². The third-order valence-electron chi connectivity index (χ3n) is 4.44. The van der Waals surface area contributed by atoms with Gasteiger partial charge in [-0.1, -0.05) is 48.9 Å². The van der Waals surface area contributed by atoms with Crippen LogP contribution in [0.25, 0.3) is 11.0 Å². The van der Waals surface area contributed by atoms with E-state index in [1.165, 1.54) is 0 Å². The summed E-state index contributed by atoms with van der Waals surface area (Å²) in [7, 11) is 0. The minimum Gasteiger partial charge on any atom is -0.450 e. The second kappa shape index (κ2) is 7.84. The van der Waals surface area contributed by atoms with E-state index in [1.54, 1.807) is 19.1 Å². The average Bonchev–Trinajstić information content (AvgIpc) is 3.00. The number of fused-ring (bicyclic) bond motifs is 1. The zero-order valence-corrected chi connectivity index (χ0v) is 16.1. The number of para-hydroxylation sites is 2. The molecule has 0 spiro atoms. The van der Waals surface area contributed by atoms with Crippen LogP contribution in [-0.2, 0) is 16.0 Å². The molecule has 0 radical (unpaired) electrons. The Morgan fingerprint density at radius 2 is 1.89 bits per heavy atom. The molecule has 0 bridgehead atoms. The van der Waals surface area contributed by atoms with Crippen molar-refractivity contribution in [3.8, 4) is 0 Å². The molecule has 3 aromatic rings. The van der Waals surface area contributed by atoms with Crippen LogP contribution in [0.5, 0.6) is 0 Å². The normalized spacial score (nSPS) is 10.8. The molecule has 6 heteroatoms.